The predicted octanol–water partition coefficient (Wildman–Crippen LogP) is 3.08. The van der Waals surface area contributed by atoms with E-state index in [0.29, 0.717) is 23.6 Å². The predicted molar refractivity (Wildman–Crippen MR) is 76.0 cm³/mol. The highest BCUT2D eigenvalue weighted by Crippen LogP contribution is 2.52. The molecule has 1 saturated carbocycles. The molecular weight excluding hydrogens is 242 g/mol. The normalized spacial score (nSPS) is 34.9. The van der Waals surface area contributed by atoms with E-state index in [1.165, 1.54) is 12.0 Å². The first-order valence-corrected chi connectivity index (χ1v) is 7.92. The fourth-order valence-corrected chi connectivity index (χ4v) is 4.47. The number of fused-ring (bicyclic) bond motifs is 1. The van der Waals surface area contributed by atoms with Crippen LogP contribution in [0.2, 0.25) is 0 Å². The molecule has 3 heteroatoms. The Balaban J connectivity index is 1.59. The third kappa shape index (κ3) is 2.02. The molecule has 1 aromatic rings. The van der Waals surface area contributed by atoms with Gasteiger partial charge in [0.1, 0.15) is 0 Å². The Morgan fingerprint density at radius 1 is 1.56 bits per heavy atom. The van der Waals surface area contributed by atoms with Gasteiger partial charge >= 0.3 is 0 Å². The largest absolute Gasteiger partial charge is 0.377 e. The van der Waals surface area contributed by atoms with E-state index in [1.54, 1.807) is 11.3 Å². The second-order valence-electron chi connectivity index (χ2n) is 6.45. The van der Waals surface area contributed by atoms with E-state index >= 15 is 0 Å². The Kier molecular flexibility index (Phi) is 3.25. The van der Waals surface area contributed by atoms with Crippen molar-refractivity contribution in [1.29, 1.82) is 0 Å². The second kappa shape index (κ2) is 4.62. The smallest absolute Gasteiger partial charge is 0.0685 e. The topological polar surface area (TPSA) is 21.3 Å². The van der Waals surface area contributed by atoms with Crippen LogP contribution in [0.15, 0.2) is 16.8 Å². The summed E-state index contributed by atoms with van der Waals surface area (Å²) in [6, 6.07) is 3.40. The summed E-state index contributed by atoms with van der Waals surface area (Å²) in [4.78, 5) is 0. The van der Waals surface area contributed by atoms with Crippen LogP contribution in [0.1, 0.15) is 32.8 Å². The Hall–Kier alpha value is -0.380. The van der Waals surface area contributed by atoms with E-state index in [2.05, 4.69) is 42.9 Å². The van der Waals surface area contributed by atoms with Gasteiger partial charge in [0.2, 0.25) is 0 Å². The lowest BCUT2D eigenvalue weighted by Crippen LogP contribution is -2.67. The van der Waals surface area contributed by atoms with E-state index in [9.17, 15) is 0 Å². The van der Waals surface area contributed by atoms with Crippen LogP contribution in [0.5, 0.6) is 0 Å². The Bertz CT molecular complexity index is 401. The number of nitrogens with one attached hydrogen (secondary N) is 1. The van der Waals surface area contributed by atoms with Crippen LogP contribution < -0.4 is 5.32 Å². The molecule has 2 nitrogen and oxygen atoms in total. The van der Waals surface area contributed by atoms with Crippen molar-refractivity contribution in [3.8, 4) is 0 Å². The van der Waals surface area contributed by atoms with Gasteiger partial charge in [-0.2, -0.15) is 11.3 Å². The molecule has 100 valence electrons. The molecular formula is C15H23NOS. The van der Waals surface area contributed by atoms with Gasteiger partial charge in [0.25, 0.3) is 0 Å². The molecule has 1 aliphatic heterocycles. The van der Waals surface area contributed by atoms with Crippen molar-refractivity contribution in [3.05, 3.63) is 22.4 Å². The van der Waals surface area contributed by atoms with E-state index < -0.39 is 0 Å². The summed E-state index contributed by atoms with van der Waals surface area (Å²) in [7, 11) is 0. The molecule has 0 amide bonds. The minimum absolute atomic E-state index is 0.296. The lowest BCUT2D eigenvalue weighted by molar-refractivity contribution is -0.115. The molecule has 1 aromatic heterocycles. The summed E-state index contributed by atoms with van der Waals surface area (Å²) in [6.07, 6.45) is 2.86. The molecule has 1 N–H and O–H groups in total. The molecule has 4 atom stereocenters. The zero-order valence-corrected chi connectivity index (χ0v) is 12.3. The molecule has 0 bridgehead atoms. The Morgan fingerprint density at radius 3 is 3.11 bits per heavy atom. The maximum Gasteiger partial charge on any atom is 0.0685 e. The van der Waals surface area contributed by atoms with Gasteiger partial charge in [0.05, 0.1) is 6.10 Å². The van der Waals surface area contributed by atoms with Crippen molar-refractivity contribution < 1.29 is 4.74 Å². The minimum Gasteiger partial charge on any atom is -0.377 e. The summed E-state index contributed by atoms with van der Waals surface area (Å²) >= 11 is 1.79. The van der Waals surface area contributed by atoms with Crippen molar-refractivity contribution in [1.82, 2.24) is 5.32 Å². The van der Waals surface area contributed by atoms with Crippen LogP contribution in [0.25, 0.3) is 0 Å². The first-order chi connectivity index (χ1) is 8.59. The summed E-state index contributed by atoms with van der Waals surface area (Å²) in [5.41, 5.74) is 1.75. The molecule has 2 heterocycles. The van der Waals surface area contributed by atoms with Gasteiger partial charge in [-0.15, -0.1) is 0 Å². The first-order valence-electron chi connectivity index (χ1n) is 6.98. The molecule has 0 spiro atoms. The van der Waals surface area contributed by atoms with Gasteiger partial charge < -0.3 is 10.1 Å². The second-order valence-corrected chi connectivity index (χ2v) is 7.23. The van der Waals surface area contributed by atoms with Crippen molar-refractivity contribution in [2.75, 3.05) is 6.61 Å². The zero-order chi connectivity index (χ0) is 12.8. The summed E-state index contributed by atoms with van der Waals surface area (Å²) in [5.74, 6) is 0.741. The maximum atomic E-state index is 5.85. The van der Waals surface area contributed by atoms with Crippen molar-refractivity contribution >= 4 is 11.3 Å². The Labute approximate surface area is 114 Å². The zero-order valence-electron chi connectivity index (χ0n) is 11.5. The average Bonchev–Trinajstić information content (AvgIpc) is 2.95. The van der Waals surface area contributed by atoms with Crippen LogP contribution in [0, 0.1) is 11.3 Å². The highest BCUT2D eigenvalue weighted by atomic mass is 32.1. The quantitative estimate of drug-likeness (QED) is 0.903. The van der Waals surface area contributed by atoms with Crippen LogP contribution in [-0.2, 0) is 11.2 Å². The average molecular weight is 265 g/mol. The van der Waals surface area contributed by atoms with Gasteiger partial charge in [-0.1, -0.05) is 13.8 Å². The number of rotatable bonds is 4. The molecule has 18 heavy (non-hydrogen) atoms. The maximum absolute atomic E-state index is 5.85. The molecule has 3 rings (SSSR count). The van der Waals surface area contributed by atoms with Crippen molar-refractivity contribution in [3.63, 3.8) is 0 Å². The highest BCUT2D eigenvalue weighted by molar-refractivity contribution is 7.07. The lowest BCUT2D eigenvalue weighted by Gasteiger charge is -2.55. The standard InChI is InChI=1S/C15H23NOS/c1-10(8-11-5-7-18-9-11)16-13-12-4-6-17-14(12)15(13,2)3/h5,7,9-10,12-14,16H,4,6,8H2,1-3H3. The highest BCUT2D eigenvalue weighted by Gasteiger charge is 2.59. The minimum atomic E-state index is 0.296. The monoisotopic (exact) mass is 265 g/mol. The van der Waals surface area contributed by atoms with Gasteiger partial charge in [0.15, 0.2) is 0 Å². The van der Waals surface area contributed by atoms with Gasteiger partial charge in [-0.05, 0) is 42.2 Å². The fourth-order valence-electron chi connectivity index (χ4n) is 3.79. The number of thiophene rings is 1. The number of ether oxygens (including phenoxy) is 1. The molecule has 1 aliphatic carbocycles. The molecule has 1 saturated heterocycles. The first kappa shape index (κ1) is 12.6. The van der Waals surface area contributed by atoms with Crippen molar-refractivity contribution in [2.45, 2.75) is 51.8 Å². The van der Waals surface area contributed by atoms with E-state index in [1.807, 2.05) is 0 Å². The van der Waals surface area contributed by atoms with Crippen LogP contribution >= 0.6 is 11.3 Å². The summed E-state index contributed by atoms with van der Waals surface area (Å²) in [6.45, 7) is 7.94. The van der Waals surface area contributed by atoms with Gasteiger partial charge in [0, 0.05) is 30.0 Å². The summed E-state index contributed by atoms with van der Waals surface area (Å²) in [5, 5.41) is 8.26. The molecule has 0 radical (unpaired) electrons. The third-order valence-electron chi connectivity index (χ3n) is 4.69. The summed E-state index contributed by atoms with van der Waals surface area (Å²) < 4.78 is 5.85. The van der Waals surface area contributed by atoms with Gasteiger partial charge in [-0.25, -0.2) is 0 Å². The van der Waals surface area contributed by atoms with Crippen LogP contribution in [0.3, 0.4) is 0 Å². The molecule has 0 aromatic carbocycles. The fraction of sp³-hybridized carbons (Fsp3) is 0.733. The van der Waals surface area contributed by atoms with E-state index in [4.69, 9.17) is 4.74 Å². The lowest BCUT2D eigenvalue weighted by atomic mass is 9.57. The molecule has 2 aliphatic rings. The Morgan fingerprint density at radius 2 is 2.39 bits per heavy atom. The van der Waals surface area contributed by atoms with Crippen molar-refractivity contribution in [2.24, 2.45) is 11.3 Å². The van der Waals surface area contributed by atoms with Crippen LogP contribution in [-0.4, -0.2) is 24.8 Å². The third-order valence-corrected chi connectivity index (χ3v) is 5.42. The molecule has 2 fully saturated rings. The van der Waals surface area contributed by atoms with Gasteiger partial charge in [-0.3, -0.25) is 0 Å². The number of hydrogen-bond acceptors (Lipinski definition) is 3. The van der Waals surface area contributed by atoms with E-state index in [0.717, 1.165) is 18.9 Å². The van der Waals surface area contributed by atoms with E-state index in [-0.39, 0.29) is 0 Å². The SMILES string of the molecule is CC(Cc1ccsc1)NC1C2CCOC2C1(C)C. The van der Waals surface area contributed by atoms with Crippen LogP contribution in [0.4, 0.5) is 0 Å². The molecule has 4 unspecified atom stereocenters. The number of hydrogen-bond donors (Lipinski definition) is 1.